The summed E-state index contributed by atoms with van der Waals surface area (Å²) in [4.78, 5) is 20.0. The van der Waals surface area contributed by atoms with Crippen LogP contribution in [0, 0.1) is 0 Å². The Morgan fingerprint density at radius 3 is 2.50 bits per heavy atom. The Kier molecular flexibility index (Phi) is 5.25. The number of carbonyl (C=O) groups excluding carboxylic acids is 1. The molecule has 0 atom stereocenters. The Morgan fingerprint density at radius 1 is 1.39 bits per heavy atom. The molecule has 0 saturated carbocycles. The molecule has 0 saturated heterocycles. The second-order valence-electron chi connectivity index (χ2n) is 3.52. The first-order valence-corrected chi connectivity index (χ1v) is 5.77. The Balaban J connectivity index is 3.23. The molecule has 0 aliphatic rings. The van der Waals surface area contributed by atoms with Gasteiger partial charge in [-0.1, -0.05) is 18.5 Å². The average molecular weight is 275 g/mol. The maximum Gasteiger partial charge on any atom is 0.352 e. The topological polar surface area (TPSA) is 65.0 Å². The molecule has 100 valence electrons. The molecule has 0 amide bonds. The van der Waals surface area contributed by atoms with Crippen LogP contribution in [0.1, 0.15) is 25.0 Å². The lowest BCUT2D eigenvalue weighted by molar-refractivity contribution is -0.210. The minimum atomic E-state index is -0.589. The molecule has 1 rings (SSSR count). The first kappa shape index (κ1) is 14.6. The first-order valence-electron chi connectivity index (χ1n) is 5.39. The fraction of sp³-hybridized carbons (Fsp3) is 0.417. The number of hydrogen-bond acceptors (Lipinski definition) is 5. The Hall–Kier alpha value is -1.46. The molecule has 1 aromatic rings. The van der Waals surface area contributed by atoms with E-state index >= 15 is 0 Å². The van der Waals surface area contributed by atoms with Crippen molar-refractivity contribution in [3.63, 3.8) is 0 Å². The van der Waals surface area contributed by atoms with Crippen molar-refractivity contribution in [2.75, 3.05) is 7.11 Å². The largest absolute Gasteiger partial charge is 0.496 e. The summed E-state index contributed by atoms with van der Waals surface area (Å²) in [6, 6.07) is 1.47. The summed E-state index contributed by atoms with van der Waals surface area (Å²) in [5, 5.41) is 9.63. The van der Waals surface area contributed by atoms with E-state index in [-0.39, 0.29) is 12.4 Å². The van der Waals surface area contributed by atoms with Crippen LogP contribution in [0.3, 0.4) is 0 Å². The first-order chi connectivity index (χ1) is 8.54. The molecule has 0 spiro atoms. The Labute approximate surface area is 110 Å². The van der Waals surface area contributed by atoms with Crippen LogP contribution in [-0.4, -0.2) is 18.2 Å². The summed E-state index contributed by atoms with van der Waals surface area (Å²) in [7, 11) is 1.47. The third kappa shape index (κ3) is 3.05. The van der Waals surface area contributed by atoms with Gasteiger partial charge in [-0.05, 0) is 12.0 Å². The zero-order valence-corrected chi connectivity index (χ0v) is 11.2. The SMILES string of the molecule is CCc1c(Cl)c(OOC(C)=O)cc(OC)c1CO. The maximum absolute atomic E-state index is 10.7. The van der Waals surface area contributed by atoms with E-state index in [0.717, 1.165) is 0 Å². The lowest BCUT2D eigenvalue weighted by Gasteiger charge is -2.15. The molecule has 0 heterocycles. The molecule has 0 bridgehead atoms. The normalized spacial score (nSPS) is 10.1. The lowest BCUT2D eigenvalue weighted by atomic mass is 10.0. The van der Waals surface area contributed by atoms with Gasteiger partial charge in [0.05, 0.1) is 18.7 Å². The van der Waals surface area contributed by atoms with Crippen molar-refractivity contribution in [2.24, 2.45) is 0 Å². The molecule has 5 nitrogen and oxygen atoms in total. The van der Waals surface area contributed by atoms with Gasteiger partial charge < -0.3 is 9.84 Å². The maximum atomic E-state index is 10.7. The van der Waals surface area contributed by atoms with Gasteiger partial charge in [-0.25, -0.2) is 4.79 Å². The highest BCUT2D eigenvalue weighted by Gasteiger charge is 2.18. The molecule has 1 aromatic carbocycles. The minimum absolute atomic E-state index is 0.178. The van der Waals surface area contributed by atoms with E-state index in [0.29, 0.717) is 28.3 Å². The number of aliphatic hydroxyl groups excluding tert-OH is 1. The number of hydrogen-bond donors (Lipinski definition) is 1. The molecule has 0 aliphatic heterocycles. The summed E-state index contributed by atoms with van der Waals surface area (Å²) in [5.41, 5.74) is 1.29. The molecule has 0 fully saturated rings. The van der Waals surface area contributed by atoms with Gasteiger partial charge in [0.1, 0.15) is 5.75 Å². The molecule has 0 aromatic heterocycles. The smallest absolute Gasteiger partial charge is 0.352 e. The van der Waals surface area contributed by atoms with Crippen molar-refractivity contribution in [1.82, 2.24) is 0 Å². The summed E-state index contributed by atoms with van der Waals surface area (Å²) >= 11 is 6.12. The predicted octanol–water partition coefficient (Wildman–Crippen LogP) is 2.26. The number of rotatable bonds is 5. The summed E-state index contributed by atoms with van der Waals surface area (Å²) < 4.78 is 5.14. The van der Waals surface area contributed by atoms with Gasteiger partial charge in [-0.15, -0.1) is 0 Å². The van der Waals surface area contributed by atoms with Crippen molar-refractivity contribution in [1.29, 1.82) is 0 Å². The molecular weight excluding hydrogens is 260 g/mol. The van der Waals surface area contributed by atoms with Crippen LogP contribution < -0.4 is 9.62 Å². The van der Waals surface area contributed by atoms with Crippen molar-refractivity contribution < 1.29 is 24.4 Å². The van der Waals surface area contributed by atoms with Crippen LogP contribution in [0.4, 0.5) is 0 Å². The van der Waals surface area contributed by atoms with Gasteiger partial charge in [0.15, 0.2) is 0 Å². The zero-order chi connectivity index (χ0) is 13.7. The van der Waals surface area contributed by atoms with E-state index in [4.69, 9.17) is 21.2 Å². The third-order valence-corrected chi connectivity index (χ3v) is 2.80. The standard InChI is InChI=1S/C12H15ClO5/c1-4-8-9(6-14)10(16-3)5-11(12(8)13)18-17-7(2)15/h5,14H,4,6H2,1-3H3. The van der Waals surface area contributed by atoms with Crippen LogP contribution in [0.2, 0.25) is 5.02 Å². The molecule has 6 heteroatoms. The fourth-order valence-electron chi connectivity index (χ4n) is 1.59. The van der Waals surface area contributed by atoms with Crippen molar-refractivity contribution in [2.45, 2.75) is 26.9 Å². The number of benzene rings is 1. The Morgan fingerprint density at radius 2 is 2.06 bits per heavy atom. The van der Waals surface area contributed by atoms with Gasteiger partial charge in [0, 0.05) is 18.6 Å². The van der Waals surface area contributed by atoms with E-state index in [1.165, 1.54) is 20.1 Å². The van der Waals surface area contributed by atoms with Crippen LogP contribution in [-0.2, 0) is 22.7 Å². The number of ether oxygens (including phenoxy) is 1. The van der Waals surface area contributed by atoms with Gasteiger partial charge >= 0.3 is 5.97 Å². The van der Waals surface area contributed by atoms with Crippen molar-refractivity contribution in [3.05, 3.63) is 22.2 Å². The van der Waals surface area contributed by atoms with E-state index in [1.54, 1.807) is 0 Å². The molecule has 1 N–H and O–H groups in total. The molecule has 18 heavy (non-hydrogen) atoms. The fourth-order valence-corrected chi connectivity index (χ4v) is 1.92. The third-order valence-electron chi connectivity index (χ3n) is 2.39. The van der Waals surface area contributed by atoms with E-state index < -0.39 is 5.97 Å². The minimum Gasteiger partial charge on any atom is -0.496 e. The number of carbonyl (C=O) groups is 1. The van der Waals surface area contributed by atoms with Crippen LogP contribution >= 0.6 is 11.6 Å². The monoisotopic (exact) mass is 274 g/mol. The number of methoxy groups -OCH3 is 1. The number of halogens is 1. The van der Waals surface area contributed by atoms with Gasteiger partial charge in [-0.2, -0.15) is 0 Å². The summed E-state index contributed by atoms with van der Waals surface area (Å²) in [6.45, 7) is 2.91. The van der Waals surface area contributed by atoms with E-state index in [1.807, 2.05) is 6.92 Å². The molecule has 0 radical (unpaired) electrons. The van der Waals surface area contributed by atoms with Crippen molar-refractivity contribution >= 4 is 17.6 Å². The lowest BCUT2D eigenvalue weighted by Crippen LogP contribution is -2.06. The van der Waals surface area contributed by atoms with E-state index in [2.05, 4.69) is 4.89 Å². The number of aliphatic hydroxyl groups is 1. The van der Waals surface area contributed by atoms with Crippen LogP contribution in [0.15, 0.2) is 6.07 Å². The highest BCUT2D eigenvalue weighted by molar-refractivity contribution is 6.33. The van der Waals surface area contributed by atoms with Crippen LogP contribution in [0.25, 0.3) is 0 Å². The summed E-state index contributed by atoms with van der Waals surface area (Å²) in [5.74, 6) is 0.0213. The van der Waals surface area contributed by atoms with Gasteiger partial charge in [-0.3, -0.25) is 9.78 Å². The quantitative estimate of drug-likeness (QED) is 0.659. The second kappa shape index (κ2) is 6.47. The highest BCUT2D eigenvalue weighted by atomic mass is 35.5. The average Bonchev–Trinajstić information content (AvgIpc) is 2.36. The molecular formula is C12H15ClO5. The van der Waals surface area contributed by atoms with Gasteiger partial charge in [0.25, 0.3) is 0 Å². The van der Waals surface area contributed by atoms with Crippen LogP contribution in [0.5, 0.6) is 11.5 Å². The summed E-state index contributed by atoms with van der Waals surface area (Å²) in [6.07, 6.45) is 0.586. The van der Waals surface area contributed by atoms with Gasteiger partial charge in [0.2, 0.25) is 5.75 Å². The molecule has 0 unspecified atom stereocenters. The van der Waals surface area contributed by atoms with Crippen molar-refractivity contribution in [3.8, 4) is 11.5 Å². The molecule has 0 aliphatic carbocycles. The zero-order valence-electron chi connectivity index (χ0n) is 10.4. The predicted molar refractivity (Wildman–Crippen MR) is 65.7 cm³/mol. The van der Waals surface area contributed by atoms with E-state index in [9.17, 15) is 9.90 Å². The highest BCUT2D eigenvalue weighted by Crippen LogP contribution is 2.37. The second-order valence-corrected chi connectivity index (χ2v) is 3.90. The Bertz CT molecular complexity index is 445.